The van der Waals surface area contributed by atoms with Crippen LogP contribution in [-0.4, -0.2) is 25.3 Å². The molecule has 0 fully saturated rings. The number of carbonyl (C=O) groups excluding carboxylic acids is 1. The predicted molar refractivity (Wildman–Crippen MR) is 105 cm³/mol. The van der Waals surface area contributed by atoms with Gasteiger partial charge in [0.05, 0.1) is 17.1 Å². The number of fused-ring (bicyclic) bond motifs is 1. The summed E-state index contributed by atoms with van der Waals surface area (Å²) in [5.41, 5.74) is 6.10. The van der Waals surface area contributed by atoms with Crippen molar-refractivity contribution in [2.24, 2.45) is 0 Å². The van der Waals surface area contributed by atoms with Crippen LogP contribution in [0.2, 0.25) is 0 Å². The maximum atomic E-state index is 12.5. The number of amides is 1. The van der Waals surface area contributed by atoms with Gasteiger partial charge in [0.15, 0.2) is 0 Å². The van der Waals surface area contributed by atoms with Gasteiger partial charge in [0.25, 0.3) is 5.91 Å². The third-order valence-electron chi connectivity index (χ3n) is 4.60. The molecule has 0 bridgehead atoms. The number of aromatic nitrogens is 4. The van der Waals surface area contributed by atoms with E-state index in [4.69, 9.17) is 0 Å². The van der Waals surface area contributed by atoms with E-state index in [1.807, 2.05) is 67.8 Å². The van der Waals surface area contributed by atoms with E-state index < -0.39 is 0 Å². The van der Waals surface area contributed by atoms with E-state index in [-0.39, 0.29) is 11.9 Å². The molecule has 6 nitrogen and oxygen atoms in total. The number of rotatable bonds is 3. The van der Waals surface area contributed by atoms with Gasteiger partial charge in [-0.3, -0.25) is 14.5 Å². The molecule has 4 rings (SSSR count). The second-order valence-electron chi connectivity index (χ2n) is 6.49. The van der Waals surface area contributed by atoms with E-state index >= 15 is 0 Å². The largest absolute Gasteiger partial charge is 0.298 e. The summed E-state index contributed by atoms with van der Waals surface area (Å²) >= 11 is 0. The molecule has 0 atom stereocenters. The second-order valence-corrected chi connectivity index (χ2v) is 6.49. The number of hydrogen-bond donors (Lipinski definition) is 1. The highest BCUT2D eigenvalue weighted by Gasteiger charge is 2.14. The first-order valence-corrected chi connectivity index (χ1v) is 8.68. The fourth-order valence-corrected chi connectivity index (χ4v) is 3.03. The highest BCUT2D eigenvalue weighted by molar-refractivity contribution is 6.03. The molecule has 0 radical (unpaired) electrons. The first-order chi connectivity index (χ1) is 13.0. The van der Waals surface area contributed by atoms with Crippen molar-refractivity contribution in [2.75, 3.05) is 5.32 Å². The third kappa shape index (κ3) is 3.17. The number of aryl methyl sites for hydroxylation is 3. The van der Waals surface area contributed by atoms with Crippen molar-refractivity contribution in [1.29, 1.82) is 0 Å². The van der Waals surface area contributed by atoms with Gasteiger partial charge in [0, 0.05) is 18.0 Å². The summed E-state index contributed by atoms with van der Waals surface area (Å²) in [5, 5.41) is 2.78. The predicted octanol–water partition coefficient (Wildman–Crippen LogP) is 3.97. The number of anilines is 1. The maximum absolute atomic E-state index is 12.5. The maximum Gasteiger partial charge on any atom is 0.258 e. The lowest BCUT2D eigenvalue weighted by molar-refractivity contribution is 0.102. The van der Waals surface area contributed by atoms with Gasteiger partial charge in [0.1, 0.15) is 5.65 Å². The Hall–Kier alpha value is -3.54. The molecule has 0 aliphatic heterocycles. The standard InChI is InChI=1S/C21H19N5O/c1-13-7-8-16(12-14(13)2)20(27)25-21-22-10-9-17(24-21)19-15(3)23-18-6-4-5-11-26(18)19/h4-12H,1-3H3,(H,22,24,25,27). The lowest BCUT2D eigenvalue weighted by Crippen LogP contribution is -2.14. The average molecular weight is 357 g/mol. The highest BCUT2D eigenvalue weighted by Crippen LogP contribution is 2.23. The van der Waals surface area contributed by atoms with Crippen molar-refractivity contribution in [3.8, 4) is 11.4 Å². The van der Waals surface area contributed by atoms with E-state index in [0.717, 1.165) is 28.2 Å². The van der Waals surface area contributed by atoms with Crippen LogP contribution in [0.25, 0.3) is 17.0 Å². The summed E-state index contributed by atoms with van der Waals surface area (Å²) in [6.45, 7) is 5.94. The minimum Gasteiger partial charge on any atom is -0.298 e. The van der Waals surface area contributed by atoms with Gasteiger partial charge in [-0.1, -0.05) is 12.1 Å². The van der Waals surface area contributed by atoms with Crippen molar-refractivity contribution < 1.29 is 4.79 Å². The molecule has 3 heterocycles. The van der Waals surface area contributed by atoms with Crippen LogP contribution in [0.5, 0.6) is 0 Å². The van der Waals surface area contributed by atoms with Crippen molar-refractivity contribution in [1.82, 2.24) is 19.4 Å². The lowest BCUT2D eigenvalue weighted by Gasteiger charge is -2.08. The molecule has 0 unspecified atom stereocenters. The Morgan fingerprint density at radius 1 is 1.00 bits per heavy atom. The SMILES string of the molecule is Cc1ccc(C(=O)Nc2nccc(-c3c(C)nc4ccccn34)n2)cc1C. The zero-order chi connectivity index (χ0) is 19.0. The molecule has 1 N–H and O–H groups in total. The van der Waals surface area contributed by atoms with Crippen LogP contribution in [-0.2, 0) is 0 Å². The molecular formula is C21H19N5O. The lowest BCUT2D eigenvalue weighted by atomic mass is 10.1. The van der Waals surface area contributed by atoms with E-state index in [1.54, 1.807) is 12.3 Å². The van der Waals surface area contributed by atoms with Crippen molar-refractivity contribution in [3.63, 3.8) is 0 Å². The first kappa shape index (κ1) is 16.9. The fourth-order valence-electron chi connectivity index (χ4n) is 3.03. The van der Waals surface area contributed by atoms with E-state index in [9.17, 15) is 4.79 Å². The Morgan fingerprint density at radius 2 is 1.85 bits per heavy atom. The van der Waals surface area contributed by atoms with Gasteiger partial charge in [-0.2, -0.15) is 0 Å². The molecule has 27 heavy (non-hydrogen) atoms. The molecule has 0 spiro atoms. The van der Waals surface area contributed by atoms with Gasteiger partial charge in [0.2, 0.25) is 5.95 Å². The van der Waals surface area contributed by atoms with E-state index in [0.29, 0.717) is 11.3 Å². The molecule has 1 amide bonds. The zero-order valence-corrected chi connectivity index (χ0v) is 15.4. The number of carbonyl (C=O) groups is 1. The summed E-state index contributed by atoms with van der Waals surface area (Å²) in [7, 11) is 0. The fraction of sp³-hybridized carbons (Fsp3) is 0.143. The average Bonchev–Trinajstić information content (AvgIpc) is 3.00. The molecule has 0 aliphatic carbocycles. The number of nitrogens with zero attached hydrogens (tertiary/aromatic N) is 4. The minimum absolute atomic E-state index is 0.231. The number of pyridine rings is 1. The monoisotopic (exact) mass is 357 g/mol. The zero-order valence-electron chi connectivity index (χ0n) is 15.4. The van der Waals surface area contributed by atoms with E-state index in [1.165, 1.54) is 0 Å². The smallest absolute Gasteiger partial charge is 0.258 e. The molecule has 134 valence electrons. The number of hydrogen-bond acceptors (Lipinski definition) is 4. The summed E-state index contributed by atoms with van der Waals surface area (Å²) < 4.78 is 1.98. The Bertz CT molecular complexity index is 1160. The molecule has 0 aliphatic rings. The summed E-state index contributed by atoms with van der Waals surface area (Å²) in [6, 6.07) is 13.2. The van der Waals surface area contributed by atoms with Gasteiger partial charge < -0.3 is 0 Å². The molecule has 0 saturated carbocycles. The Kier molecular flexibility index (Phi) is 4.16. The molecular weight excluding hydrogens is 338 g/mol. The van der Waals surface area contributed by atoms with Crippen LogP contribution in [0, 0.1) is 20.8 Å². The van der Waals surface area contributed by atoms with Crippen molar-refractivity contribution in [2.45, 2.75) is 20.8 Å². The quantitative estimate of drug-likeness (QED) is 0.602. The van der Waals surface area contributed by atoms with Crippen LogP contribution in [0.3, 0.4) is 0 Å². The van der Waals surface area contributed by atoms with Gasteiger partial charge in [-0.05, 0) is 62.2 Å². The van der Waals surface area contributed by atoms with Crippen molar-refractivity contribution in [3.05, 3.63) is 77.2 Å². The minimum atomic E-state index is -0.231. The van der Waals surface area contributed by atoms with E-state index in [2.05, 4.69) is 20.3 Å². The molecule has 4 aromatic rings. The second kappa shape index (κ2) is 6.64. The van der Waals surface area contributed by atoms with Gasteiger partial charge in [-0.15, -0.1) is 0 Å². The molecule has 1 aromatic carbocycles. The van der Waals surface area contributed by atoms with Crippen LogP contribution in [0.1, 0.15) is 27.2 Å². The number of nitrogens with one attached hydrogen (secondary N) is 1. The summed E-state index contributed by atoms with van der Waals surface area (Å²) in [6.07, 6.45) is 3.58. The van der Waals surface area contributed by atoms with Crippen LogP contribution >= 0.6 is 0 Å². The normalized spacial score (nSPS) is 10.9. The molecule has 3 aromatic heterocycles. The van der Waals surface area contributed by atoms with Crippen LogP contribution in [0.4, 0.5) is 5.95 Å². The first-order valence-electron chi connectivity index (χ1n) is 8.68. The van der Waals surface area contributed by atoms with Gasteiger partial charge in [-0.25, -0.2) is 15.0 Å². The number of imidazole rings is 1. The third-order valence-corrected chi connectivity index (χ3v) is 4.60. The highest BCUT2D eigenvalue weighted by atomic mass is 16.1. The topological polar surface area (TPSA) is 72.2 Å². The van der Waals surface area contributed by atoms with Crippen LogP contribution in [0.15, 0.2) is 54.9 Å². The Balaban J connectivity index is 1.67. The Morgan fingerprint density at radius 3 is 2.67 bits per heavy atom. The Labute approximate surface area is 156 Å². The van der Waals surface area contributed by atoms with Crippen molar-refractivity contribution >= 4 is 17.5 Å². The van der Waals surface area contributed by atoms with Crippen LogP contribution < -0.4 is 5.32 Å². The number of benzene rings is 1. The molecule has 0 saturated heterocycles. The summed E-state index contributed by atoms with van der Waals surface area (Å²) in [4.78, 5) is 25.8. The summed E-state index contributed by atoms with van der Waals surface area (Å²) in [5.74, 6) is 0.0334. The van der Waals surface area contributed by atoms with Gasteiger partial charge >= 0.3 is 0 Å². The molecule has 6 heteroatoms.